The van der Waals surface area contributed by atoms with Crippen LogP contribution in [-0.2, 0) is 4.74 Å². The summed E-state index contributed by atoms with van der Waals surface area (Å²) >= 11 is 0. The van der Waals surface area contributed by atoms with E-state index in [4.69, 9.17) is 4.74 Å². The highest BCUT2D eigenvalue weighted by Gasteiger charge is 2.29. The quantitative estimate of drug-likeness (QED) is 0.724. The molecule has 2 heteroatoms. The van der Waals surface area contributed by atoms with Crippen LogP contribution < -0.4 is 0 Å². The molecule has 0 amide bonds. The van der Waals surface area contributed by atoms with E-state index >= 15 is 0 Å². The minimum atomic E-state index is -0.00495. The smallest absolute Gasteiger partial charge is 0.166 e. The number of rotatable bonds is 4. The molecule has 0 aliphatic heterocycles. The van der Waals surface area contributed by atoms with Crippen molar-refractivity contribution in [3.8, 4) is 0 Å². The van der Waals surface area contributed by atoms with Crippen LogP contribution in [-0.4, -0.2) is 12.4 Å². The number of hydrogen-bond acceptors (Lipinski definition) is 2. The summed E-state index contributed by atoms with van der Waals surface area (Å²) in [6, 6.07) is 6.06. The standard InChI is InChI=1S/C14H18O2/c1-3-4-7-16-14-9-13(15)12-8-10(2)5-6-11(12)14/h5-6,8,14H,3-4,7,9H2,1-2H3. The van der Waals surface area contributed by atoms with Gasteiger partial charge in [-0.2, -0.15) is 0 Å². The third-order valence-electron chi connectivity index (χ3n) is 3.04. The molecule has 86 valence electrons. The van der Waals surface area contributed by atoms with Crippen molar-refractivity contribution in [2.24, 2.45) is 0 Å². The lowest BCUT2D eigenvalue weighted by molar-refractivity contribution is 0.0490. The van der Waals surface area contributed by atoms with E-state index in [9.17, 15) is 4.79 Å². The van der Waals surface area contributed by atoms with Gasteiger partial charge in [-0.1, -0.05) is 31.0 Å². The van der Waals surface area contributed by atoms with E-state index in [0.717, 1.165) is 36.1 Å². The molecule has 1 aliphatic carbocycles. The van der Waals surface area contributed by atoms with Crippen molar-refractivity contribution in [2.75, 3.05) is 6.61 Å². The first-order valence-corrected chi connectivity index (χ1v) is 5.97. The van der Waals surface area contributed by atoms with Crippen LogP contribution in [0.25, 0.3) is 0 Å². The van der Waals surface area contributed by atoms with Gasteiger partial charge in [-0.05, 0) is 25.0 Å². The molecule has 1 aliphatic rings. The normalized spacial score (nSPS) is 18.9. The van der Waals surface area contributed by atoms with Crippen molar-refractivity contribution < 1.29 is 9.53 Å². The summed E-state index contributed by atoms with van der Waals surface area (Å²) in [5.74, 6) is 0.222. The Morgan fingerprint density at radius 3 is 3.00 bits per heavy atom. The van der Waals surface area contributed by atoms with E-state index in [1.54, 1.807) is 0 Å². The van der Waals surface area contributed by atoms with Gasteiger partial charge in [-0.3, -0.25) is 4.79 Å². The zero-order chi connectivity index (χ0) is 11.5. The van der Waals surface area contributed by atoms with E-state index in [1.165, 1.54) is 0 Å². The topological polar surface area (TPSA) is 26.3 Å². The lowest BCUT2D eigenvalue weighted by atomic mass is 10.1. The first-order chi connectivity index (χ1) is 7.72. The number of ketones is 1. The predicted molar refractivity (Wildman–Crippen MR) is 63.7 cm³/mol. The fourth-order valence-corrected chi connectivity index (χ4v) is 2.10. The molecule has 1 unspecified atom stereocenters. The lowest BCUT2D eigenvalue weighted by Gasteiger charge is -2.11. The minimum Gasteiger partial charge on any atom is -0.373 e. The maximum absolute atomic E-state index is 11.8. The van der Waals surface area contributed by atoms with Crippen molar-refractivity contribution in [3.63, 3.8) is 0 Å². The second-order valence-corrected chi connectivity index (χ2v) is 4.43. The van der Waals surface area contributed by atoms with Crippen LogP contribution in [0.4, 0.5) is 0 Å². The number of fused-ring (bicyclic) bond motifs is 1. The Balaban J connectivity index is 2.13. The van der Waals surface area contributed by atoms with Crippen LogP contribution in [0.2, 0.25) is 0 Å². The monoisotopic (exact) mass is 218 g/mol. The Labute approximate surface area is 96.6 Å². The SMILES string of the molecule is CCCCOC1CC(=O)c2cc(C)ccc21. The van der Waals surface area contributed by atoms with Gasteiger partial charge in [0.1, 0.15) is 0 Å². The summed E-state index contributed by atoms with van der Waals surface area (Å²) in [5.41, 5.74) is 3.08. The highest BCUT2D eigenvalue weighted by molar-refractivity contribution is 6.01. The van der Waals surface area contributed by atoms with Crippen LogP contribution in [0.3, 0.4) is 0 Å². The third-order valence-corrected chi connectivity index (χ3v) is 3.04. The molecule has 1 aromatic carbocycles. The number of benzene rings is 1. The zero-order valence-electron chi connectivity index (χ0n) is 9.95. The summed E-state index contributed by atoms with van der Waals surface area (Å²) < 4.78 is 5.76. The fourth-order valence-electron chi connectivity index (χ4n) is 2.10. The van der Waals surface area contributed by atoms with Crippen LogP contribution in [0, 0.1) is 6.92 Å². The fraction of sp³-hybridized carbons (Fsp3) is 0.500. The van der Waals surface area contributed by atoms with Crippen molar-refractivity contribution in [2.45, 2.75) is 39.2 Å². The predicted octanol–water partition coefficient (Wildman–Crippen LogP) is 3.44. The van der Waals surface area contributed by atoms with Gasteiger partial charge in [0.05, 0.1) is 6.10 Å². The Morgan fingerprint density at radius 1 is 1.44 bits per heavy atom. The molecule has 16 heavy (non-hydrogen) atoms. The average molecular weight is 218 g/mol. The maximum Gasteiger partial charge on any atom is 0.166 e. The molecule has 0 saturated carbocycles. The van der Waals surface area contributed by atoms with Crippen molar-refractivity contribution >= 4 is 5.78 Å². The molecule has 0 N–H and O–H groups in total. The molecular formula is C14H18O2. The van der Waals surface area contributed by atoms with Gasteiger partial charge in [0.25, 0.3) is 0 Å². The van der Waals surface area contributed by atoms with Gasteiger partial charge in [0, 0.05) is 18.6 Å². The van der Waals surface area contributed by atoms with Gasteiger partial charge in [0.15, 0.2) is 5.78 Å². The van der Waals surface area contributed by atoms with E-state index in [2.05, 4.69) is 6.92 Å². The Bertz CT molecular complexity index is 396. The molecule has 0 aromatic heterocycles. The summed E-state index contributed by atoms with van der Waals surface area (Å²) in [6.07, 6.45) is 2.70. The second-order valence-electron chi connectivity index (χ2n) is 4.43. The summed E-state index contributed by atoms with van der Waals surface area (Å²) in [5, 5.41) is 0. The Hall–Kier alpha value is -1.15. The van der Waals surface area contributed by atoms with Gasteiger partial charge in [-0.25, -0.2) is 0 Å². The molecular weight excluding hydrogens is 200 g/mol. The zero-order valence-corrected chi connectivity index (χ0v) is 9.95. The lowest BCUT2D eigenvalue weighted by Crippen LogP contribution is -2.02. The first-order valence-electron chi connectivity index (χ1n) is 5.97. The summed E-state index contributed by atoms with van der Waals surface area (Å²) in [4.78, 5) is 11.8. The Morgan fingerprint density at radius 2 is 2.25 bits per heavy atom. The molecule has 2 nitrogen and oxygen atoms in total. The Kier molecular flexibility index (Phi) is 3.39. The molecule has 0 fully saturated rings. The molecule has 0 radical (unpaired) electrons. The number of Topliss-reactive ketones (excluding diaryl/α,β-unsaturated/α-hetero) is 1. The molecule has 1 atom stereocenters. The number of ether oxygens (including phenoxy) is 1. The molecule has 0 heterocycles. The van der Waals surface area contributed by atoms with E-state index in [1.807, 2.05) is 25.1 Å². The molecule has 1 aromatic rings. The van der Waals surface area contributed by atoms with E-state index in [0.29, 0.717) is 6.42 Å². The van der Waals surface area contributed by atoms with Gasteiger partial charge < -0.3 is 4.74 Å². The van der Waals surface area contributed by atoms with Crippen LogP contribution in [0.5, 0.6) is 0 Å². The number of carbonyl (C=O) groups excluding carboxylic acids is 1. The molecule has 2 rings (SSSR count). The second kappa shape index (κ2) is 4.79. The first kappa shape index (κ1) is 11.3. The van der Waals surface area contributed by atoms with E-state index < -0.39 is 0 Å². The highest BCUT2D eigenvalue weighted by Crippen LogP contribution is 2.34. The van der Waals surface area contributed by atoms with Crippen LogP contribution in [0.1, 0.15) is 53.8 Å². The average Bonchev–Trinajstić information content (AvgIpc) is 2.56. The van der Waals surface area contributed by atoms with Crippen molar-refractivity contribution in [1.29, 1.82) is 0 Å². The maximum atomic E-state index is 11.8. The number of unbranched alkanes of at least 4 members (excludes halogenated alkanes) is 1. The summed E-state index contributed by atoms with van der Waals surface area (Å²) in [6.45, 7) is 4.90. The number of carbonyl (C=O) groups is 1. The van der Waals surface area contributed by atoms with Crippen molar-refractivity contribution in [1.82, 2.24) is 0 Å². The molecule has 0 spiro atoms. The van der Waals surface area contributed by atoms with Gasteiger partial charge >= 0.3 is 0 Å². The largest absolute Gasteiger partial charge is 0.373 e. The van der Waals surface area contributed by atoms with E-state index in [-0.39, 0.29) is 11.9 Å². The molecule has 0 bridgehead atoms. The number of hydrogen-bond donors (Lipinski definition) is 0. The van der Waals surface area contributed by atoms with Crippen LogP contribution >= 0.6 is 0 Å². The van der Waals surface area contributed by atoms with Crippen LogP contribution in [0.15, 0.2) is 18.2 Å². The number of aryl methyl sites for hydroxylation is 1. The van der Waals surface area contributed by atoms with Gasteiger partial charge in [-0.15, -0.1) is 0 Å². The highest BCUT2D eigenvalue weighted by atomic mass is 16.5. The summed E-state index contributed by atoms with van der Waals surface area (Å²) in [7, 11) is 0. The minimum absolute atomic E-state index is 0.00495. The van der Waals surface area contributed by atoms with Crippen molar-refractivity contribution in [3.05, 3.63) is 34.9 Å². The third kappa shape index (κ3) is 2.17. The molecule has 0 saturated heterocycles. The van der Waals surface area contributed by atoms with Gasteiger partial charge in [0.2, 0.25) is 0 Å².